The Morgan fingerprint density at radius 2 is 2.31 bits per heavy atom. The van der Waals surface area contributed by atoms with Crippen LogP contribution in [-0.4, -0.2) is 32.7 Å². The predicted molar refractivity (Wildman–Crippen MR) is 62.8 cm³/mol. The summed E-state index contributed by atoms with van der Waals surface area (Å²) in [6.45, 7) is 2.07. The summed E-state index contributed by atoms with van der Waals surface area (Å²) in [5.74, 6) is 0.897. The maximum absolute atomic E-state index is 11.8. The highest BCUT2D eigenvalue weighted by molar-refractivity contribution is 5.95. The van der Waals surface area contributed by atoms with Crippen LogP contribution in [-0.2, 0) is 4.79 Å². The van der Waals surface area contributed by atoms with Crippen molar-refractivity contribution in [3.8, 4) is 5.75 Å². The Morgan fingerprint density at radius 1 is 1.44 bits per heavy atom. The number of nitrogens with one attached hydrogen (secondary N) is 1. The van der Waals surface area contributed by atoms with Gasteiger partial charge in [-0.05, 0) is 25.1 Å². The monoisotopic (exact) mass is 220 g/mol. The van der Waals surface area contributed by atoms with Gasteiger partial charge in [-0.15, -0.1) is 0 Å². The van der Waals surface area contributed by atoms with E-state index in [1.165, 1.54) is 0 Å². The molecule has 1 amide bonds. The molecule has 1 aliphatic heterocycles. The van der Waals surface area contributed by atoms with Crippen LogP contribution >= 0.6 is 0 Å². The number of carbonyl (C=O) groups is 1. The molecule has 0 atom stereocenters. The van der Waals surface area contributed by atoms with E-state index in [0.717, 1.165) is 30.9 Å². The zero-order valence-corrected chi connectivity index (χ0v) is 9.40. The van der Waals surface area contributed by atoms with Gasteiger partial charge in [-0.3, -0.25) is 4.79 Å². The topological polar surface area (TPSA) is 41.6 Å². The van der Waals surface area contributed by atoms with Gasteiger partial charge in [-0.25, -0.2) is 0 Å². The van der Waals surface area contributed by atoms with Gasteiger partial charge in [-0.2, -0.15) is 0 Å². The van der Waals surface area contributed by atoms with E-state index < -0.39 is 0 Å². The van der Waals surface area contributed by atoms with Crippen molar-refractivity contribution in [2.45, 2.75) is 6.42 Å². The van der Waals surface area contributed by atoms with Crippen molar-refractivity contribution < 1.29 is 9.53 Å². The highest BCUT2D eigenvalue weighted by Gasteiger charge is 2.17. The minimum atomic E-state index is 0.116. The summed E-state index contributed by atoms with van der Waals surface area (Å²) in [5, 5.41) is 3.10. The molecule has 1 fully saturated rings. The molecule has 1 aliphatic rings. The Balaban J connectivity index is 2.23. The number of methoxy groups -OCH3 is 1. The number of hydrogen-bond donors (Lipinski definition) is 1. The molecule has 0 aliphatic carbocycles. The van der Waals surface area contributed by atoms with Crippen molar-refractivity contribution in [1.29, 1.82) is 0 Å². The molecule has 0 saturated carbocycles. The van der Waals surface area contributed by atoms with Crippen LogP contribution in [0.2, 0.25) is 0 Å². The van der Waals surface area contributed by atoms with Crippen molar-refractivity contribution in [3.63, 3.8) is 0 Å². The summed E-state index contributed by atoms with van der Waals surface area (Å²) in [4.78, 5) is 13.6. The molecule has 0 unspecified atom stereocenters. The van der Waals surface area contributed by atoms with E-state index in [4.69, 9.17) is 4.74 Å². The van der Waals surface area contributed by atoms with Gasteiger partial charge < -0.3 is 15.0 Å². The Kier molecular flexibility index (Phi) is 3.41. The molecule has 0 bridgehead atoms. The summed E-state index contributed by atoms with van der Waals surface area (Å²) in [6.07, 6.45) is 0.975. The van der Waals surface area contributed by atoms with Crippen LogP contribution in [0.15, 0.2) is 24.3 Å². The lowest BCUT2D eigenvalue weighted by Gasteiger charge is -2.20. The molecule has 1 heterocycles. The third-order valence-electron chi connectivity index (χ3n) is 2.68. The van der Waals surface area contributed by atoms with E-state index in [0.29, 0.717) is 6.54 Å². The Hall–Kier alpha value is -1.55. The molecule has 2 rings (SSSR count). The first-order valence-electron chi connectivity index (χ1n) is 5.46. The smallest absolute Gasteiger partial charge is 0.240 e. The molecule has 1 aromatic carbocycles. The van der Waals surface area contributed by atoms with Gasteiger partial charge in [0.1, 0.15) is 5.75 Å². The van der Waals surface area contributed by atoms with Crippen molar-refractivity contribution in [2.24, 2.45) is 0 Å². The number of carbonyl (C=O) groups excluding carboxylic acids is 1. The fourth-order valence-electron chi connectivity index (χ4n) is 1.83. The van der Waals surface area contributed by atoms with Crippen molar-refractivity contribution >= 4 is 11.6 Å². The van der Waals surface area contributed by atoms with Crippen molar-refractivity contribution in [3.05, 3.63) is 24.3 Å². The summed E-state index contributed by atoms with van der Waals surface area (Å²) < 4.78 is 5.16. The first-order chi connectivity index (χ1) is 7.81. The zero-order chi connectivity index (χ0) is 11.4. The third kappa shape index (κ3) is 2.33. The highest BCUT2D eigenvalue weighted by atomic mass is 16.5. The standard InChI is InChI=1S/C12H16N2O2/c1-16-11-5-2-4-10(8-11)14-7-3-6-13-9-12(14)15/h2,4-5,8,13H,3,6-7,9H2,1H3. The number of hydrogen-bond acceptors (Lipinski definition) is 3. The van der Waals surface area contributed by atoms with E-state index in [2.05, 4.69) is 5.32 Å². The Morgan fingerprint density at radius 3 is 3.12 bits per heavy atom. The number of amides is 1. The summed E-state index contributed by atoms with van der Waals surface area (Å²) in [6, 6.07) is 7.61. The Bertz CT molecular complexity index is 379. The highest BCUT2D eigenvalue weighted by Crippen LogP contribution is 2.21. The van der Waals surface area contributed by atoms with E-state index >= 15 is 0 Å². The van der Waals surface area contributed by atoms with Gasteiger partial charge in [0, 0.05) is 18.3 Å². The molecule has 1 saturated heterocycles. The molecule has 4 heteroatoms. The van der Waals surface area contributed by atoms with Crippen LogP contribution in [0, 0.1) is 0 Å². The first kappa shape index (κ1) is 11.0. The van der Waals surface area contributed by atoms with Gasteiger partial charge in [-0.1, -0.05) is 6.07 Å². The number of rotatable bonds is 2. The molecule has 0 radical (unpaired) electrons. The van der Waals surface area contributed by atoms with Crippen LogP contribution in [0.1, 0.15) is 6.42 Å². The van der Waals surface area contributed by atoms with E-state index in [-0.39, 0.29) is 5.91 Å². The average molecular weight is 220 g/mol. The van der Waals surface area contributed by atoms with Crippen molar-refractivity contribution in [1.82, 2.24) is 5.32 Å². The first-order valence-corrected chi connectivity index (χ1v) is 5.46. The molecular weight excluding hydrogens is 204 g/mol. The maximum Gasteiger partial charge on any atom is 0.240 e. The second kappa shape index (κ2) is 4.99. The molecule has 1 N–H and O–H groups in total. The van der Waals surface area contributed by atoms with Gasteiger partial charge in [0.15, 0.2) is 0 Å². The molecule has 0 aromatic heterocycles. The molecule has 4 nitrogen and oxygen atoms in total. The normalized spacial score (nSPS) is 17.1. The largest absolute Gasteiger partial charge is 0.497 e. The average Bonchev–Trinajstić information content (AvgIpc) is 2.54. The molecule has 16 heavy (non-hydrogen) atoms. The molecule has 0 spiro atoms. The van der Waals surface area contributed by atoms with E-state index in [1.54, 1.807) is 7.11 Å². The third-order valence-corrected chi connectivity index (χ3v) is 2.68. The molecular formula is C12H16N2O2. The lowest BCUT2D eigenvalue weighted by Crippen LogP contribution is -2.34. The van der Waals surface area contributed by atoms with Crippen LogP contribution < -0.4 is 15.0 Å². The van der Waals surface area contributed by atoms with Crippen LogP contribution in [0.4, 0.5) is 5.69 Å². The van der Waals surface area contributed by atoms with Gasteiger partial charge in [0.25, 0.3) is 0 Å². The lowest BCUT2D eigenvalue weighted by molar-refractivity contribution is -0.117. The van der Waals surface area contributed by atoms with Crippen LogP contribution in [0.25, 0.3) is 0 Å². The van der Waals surface area contributed by atoms with Crippen LogP contribution in [0.3, 0.4) is 0 Å². The van der Waals surface area contributed by atoms with Crippen LogP contribution in [0.5, 0.6) is 5.75 Å². The minimum Gasteiger partial charge on any atom is -0.497 e. The SMILES string of the molecule is COc1cccc(N2CCCNCC2=O)c1. The number of anilines is 1. The van der Waals surface area contributed by atoms with Crippen molar-refractivity contribution in [2.75, 3.05) is 31.6 Å². The minimum absolute atomic E-state index is 0.116. The fraction of sp³-hybridized carbons (Fsp3) is 0.417. The van der Waals surface area contributed by atoms with Gasteiger partial charge in [0.05, 0.1) is 13.7 Å². The van der Waals surface area contributed by atoms with E-state index in [9.17, 15) is 4.79 Å². The molecule has 86 valence electrons. The van der Waals surface area contributed by atoms with Gasteiger partial charge in [0.2, 0.25) is 5.91 Å². The number of nitrogens with zero attached hydrogens (tertiary/aromatic N) is 1. The summed E-state index contributed by atoms with van der Waals surface area (Å²) in [5.41, 5.74) is 0.910. The summed E-state index contributed by atoms with van der Waals surface area (Å²) >= 11 is 0. The second-order valence-corrected chi connectivity index (χ2v) is 3.78. The van der Waals surface area contributed by atoms with Gasteiger partial charge >= 0.3 is 0 Å². The number of benzene rings is 1. The lowest BCUT2D eigenvalue weighted by atomic mass is 10.2. The predicted octanol–water partition coefficient (Wildman–Crippen LogP) is 1.02. The quantitative estimate of drug-likeness (QED) is 0.809. The zero-order valence-electron chi connectivity index (χ0n) is 9.40. The maximum atomic E-state index is 11.8. The van der Waals surface area contributed by atoms with E-state index in [1.807, 2.05) is 29.2 Å². The summed E-state index contributed by atoms with van der Waals surface area (Å²) in [7, 11) is 1.63. The Labute approximate surface area is 95.2 Å². The number of ether oxygens (including phenoxy) is 1. The molecule has 1 aromatic rings. The second-order valence-electron chi connectivity index (χ2n) is 3.78. The fourth-order valence-corrected chi connectivity index (χ4v) is 1.83.